The second-order valence-electron chi connectivity index (χ2n) is 7.58. The van der Waals surface area contributed by atoms with Gasteiger partial charge < -0.3 is 5.32 Å². The van der Waals surface area contributed by atoms with Crippen LogP contribution < -0.4 is 10.6 Å². The summed E-state index contributed by atoms with van der Waals surface area (Å²) in [6.45, 7) is 7.76. The average Bonchev–Trinajstić information content (AvgIpc) is 2.61. The van der Waals surface area contributed by atoms with Crippen LogP contribution in [0.5, 0.6) is 0 Å². The lowest BCUT2D eigenvalue weighted by Crippen LogP contribution is -2.52. The molecule has 8 nitrogen and oxygen atoms in total. The van der Waals surface area contributed by atoms with E-state index in [0.29, 0.717) is 26.2 Å². The van der Waals surface area contributed by atoms with Crippen LogP contribution in [0.3, 0.4) is 0 Å². The van der Waals surface area contributed by atoms with Crippen LogP contribution in [0.15, 0.2) is 29.2 Å². The summed E-state index contributed by atoms with van der Waals surface area (Å²) in [6.07, 6.45) is 0. The Balaban J connectivity index is 1.96. The number of carbonyl (C=O) groups is 2. The predicted octanol–water partition coefficient (Wildman–Crippen LogP) is 0.746. The van der Waals surface area contributed by atoms with Crippen LogP contribution in [-0.2, 0) is 20.2 Å². The first kappa shape index (κ1) is 21.3. The summed E-state index contributed by atoms with van der Waals surface area (Å²) in [4.78, 5) is 25.0. The maximum absolute atomic E-state index is 12.8. The maximum Gasteiger partial charge on any atom is 0.321 e. The topological polar surface area (TPSA) is 98.8 Å². The van der Waals surface area contributed by atoms with E-state index < -0.39 is 22.0 Å². The number of nitrogens with zero attached hydrogens (tertiary/aromatic N) is 2. The molecule has 0 aliphatic carbocycles. The van der Waals surface area contributed by atoms with Gasteiger partial charge >= 0.3 is 6.03 Å². The second-order valence-corrected chi connectivity index (χ2v) is 9.52. The van der Waals surface area contributed by atoms with Crippen molar-refractivity contribution in [3.05, 3.63) is 29.8 Å². The Kier molecular flexibility index (Phi) is 6.61. The lowest BCUT2D eigenvalue weighted by Gasteiger charge is -2.33. The van der Waals surface area contributed by atoms with E-state index in [4.69, 9.17) is 0 Å². The third kappa shape index (κ3) is 5.50. The molecule has 1 fully saturated rings. The molecule has 0 unspecified atom stereocenters. The number of carbonyl (C=O) groups excluding carboxylic acids is 2. The number of imide groups is 1. The molecule has 0 spiro atoms. The van der Waals surface area contributed by atoms with E-state index in [1.807, 2.05) is 17.0 Å². The molecule has 0 atom stereocenters. The van der Waals surface area contributed by atoms with Gasteiger partial charge in [-0.1, -0.05) is 32.9 Å². The van der Waals surface area contributed by atoms with Crippen molar-refractivity contribution in [2.45, 2.75) is 31.1 Å². The Morgan fingerprint density at radius 2 is 1.59 bits per heavy atom. The lowest BCUT2D eigenvalue weighted by molar-refractivity contribution is -0.121. The third-order valence-electron chi connectivity index (χ3n) is 4.54. The van der Waals surface area contributed by atoms with Gasteiger partial charge in [0, 0.05) is 33.2 Å². The highest BCUT2D eigenvalue weighted by atomic mass is 32.2. The molecular formula is C18H28N4O4S. The number of amides is 3. The number of hydrogen-bond donors (Lipinski definition) is 2. The maximum atomic E-state index is 12.8. The summed E-state index contributed by atoms with van der Waals surface area (Å²) in [5.41, 5.74) is 1.04. The van der Waals surface area contributed by atoms with Crippen LogP contribution in [0.1, 0.15) is 26.3 Å². The Bertz CT molecular complexity index is 777. The third-order valence-corrected chi connectivity index (χ3v) is 6.45. The summed E-state index contributed by atoms with van der Waals surface area (Å²) in [6, 6.07) is 6.45. The molecule has 0 saturated carbocycles. The lowest BCUT2D eigenvalue weighted by atomic mass is 9.87. The van der Waals surface area contributed by atoms with Gasteiger partial charge in [0.2, 0.25) is 15.9 Å². The first-order valence-corrected chi connectivity index (χ1v) is 10.3. The number of benzene rings is 1. The van der Waals surface area contributed by atoms with Crippen LogP contribution in [0, 0.1) is 0 Å². The van der Waals surface area contributed by atoms with Gasteiger partial charge in [0.1, 0.15) is 0 Å². The first-order chi connectivity index (χ1) is 12.5. The van der Waals surface area contributed by atoms with Gasteiger partial charge in [-0.25, -0.2) is 13.2 Å². The van der Waals surface area contributed by atoms with Crippen LogP contribution in [0.4, 0.5) is 4.79 Å². The fourth-order valence-electron chi connectivity index (χ4n) is 2.84. The van der Waals surface area contributed by atoms with Gasteiger partial charge in [-0.2, -0.15) is 4.31 Å². The smallest absolute Gasteiger partial charge is 0.321 e. The molecule has 0 bridgehead atoms. The minimum atomic E-state index is -3.56. The molecule has 1 aliphatic heterocycles. The van der Waals surface area contributed by atoms with Crippen molar-refractivity contribution in [2.75, 3.05) is 39.8 Å². The van der Waals surface area contributed by atoms with Gasteiger partial charge in [0.25, 0.3) is 0 Å². The quantitative estimate of drug-likeness (QED) is 0.782. The number of rotatable bonds is 4. The Morgan fingerprint density at radius 3 is 2.07 bits per heavy atom. The van der Waals surface area contributed by atoms with Crippen molar-refractivity contribution < 1.29 is 18.0 Å². The van der Waals surface area contributed by atoms with Crippen LogP contribution in [0.25, 0.3) is 0 Å². The minimum Gasteiger partial charge on any atom is -0.341 e. The molecule has 27 heavy (non-hydrogen) atoms. The molecule has 3 amide bonds. The summed E-state index contributed by atoms with van der Waals surface area (Å²) in [5, 5.41) is 4.51. The van der Waals surface area contributed by atoms with Gasteiger partial charge in [-0.15, -0.1) is 0 Å². The van der Waals surface area contributed by atoms with E-state index in [-0.39, 0.29) is 16.9 Å². The SMILES string of the molecule is CNC(=O)NC(=O)CN1CCN(S(=O)(=O)c2ccc(C(C)(C)C)cc2)CC1. The summed E-state index contributed by atoms with van der Waals surface area (Å²) in [5.74, 6) is -0.413. The summed E-state index contributed by atoms with van der Waals surface area (Å²) < 4.78 is 27.1. The van der Waals surface area contributed by atoms with Crippen molar-refractivity contribution >= 4 is 22.0 Å². The zero-order valence-corrected chi connectivity index (χ0v) is 17.1. The Morgan fingerprint density at radius 1 is 1.04 bits per heavy atom. The first-order valence-electron chi connectivity index (χ1n) is 8.88. The molecule has 1 aromatic rings. The van der Waals surface area contributed by atoms with Crippen LogP contribution in [0.2, 0.25) is 0 Å². The summed E-state index contributed by atoms with van der Waals surface area (Å²) >= 11 is 0. The van der Waals surface area contributed by atoms with Crippen molar-refractivity contribution in [1.29, 1.82) is 0 Å². The second kappa shape index (κ2) is 8.37. The number of sulfonamides is 1. The highest BCUT2D eigenvalue weighted by Crippen LogP contribution is 2.25. The highest BCUT2D eigenvalue weighted by Gasteiger charge is 2.29. The minimum absolute atomic E-state index is 0.0385. The standard InChI is InChI=1S/C18H28N4O4S/c1-18(2,3)14-5-7-15(8-6-14)27(25,26)22-11-9-21(10-12-22)13-16(23)20-17(24)19-4/h5-8H,9-13H2,1-4H3,(H2,19,20,23,24). The van der Waals surface area contributed by atoms with Crippen molar-refractivity contribution in [1.82, 2.24) is 19.8 Å². The van der Waals surface area contributed by atoms with E-state index in [9.17, 15) is 18.0 Å². The van der Waals surface area contributed by atoms with Gasteiger partial charge in [0.15, 0.2) is 0 Å². The fourth-order valence-corrected chi connectivity index (χ4v) is 4.26. The van der Waals surface area contributed by atoms with Gasteiger partial charge in [0.05, 0.1) is 11.4 Å². The largest absolute Gasteiger partial charge is 0.341 e. The molecule has 150 valence electrons. The molecule has 1 aliphatic rings. The van der Waals surface area contributed by atoms with Crippen molar-refractivity contribution in [3.63, 3.8) is 0 Å². The molecule has 2 rings (SSSR count). The Labute approximate surface area is 161 Å². The molecular weight excluding hydrogens is 368 g/mol. The van der Waals surface area contributed by atoms with Crippen LogP contribution in [-0.4, -0.2) is 69.3 Å². The number of urea groups is 1. The van der Waals surface area contributed by atoms with Crippen molar-refractivity contribution in [2.24, 2.45) is 0 Å². The van der Waals surface area contributed by atoms with Crippen LogP contribution >= 0.6 is 0 Å². The zero-order chi connectivity index (χ0) is 20.2. The number of piperazine rings is 1. The van der Waals surface area contributed by atoms with E-state index in [1.54, 1.807) is 12.1 Å². The highest BCUT2D eigenvalue weighted by molar-refractivity contribution is 7.89. The molecule has 0 aromatic heterocycles. The van der Waals surface area contributed by atoms with E-state index in [0.717, 1.165) is 5.56 Å². The number of hydrogen-bond acceptors (Lipinski definition) is 5. The molecule has 1 heterocycles. The average molecular weight is 397 g/mol. The van der Waals surface area contributed by atoms with Crippen molar-refractivity contribution in [3.8, 4) is 0 Å². The Hall–Kier alpha value is -1.97. The fraction of sp³-hybridized carbons (Fsp3) is 0.556. The zero-order valence-electron chi connectivity index (χ0n) is 16.3. The molecule has 1 aromatic carbocycles. The normalized spacial score (nSPS) is 16.7. The molecule has 0 radical (unpaired) electrons. The van der Waals surface area contributed by atoms with Gasteiger partial charge in [-0.3, -0.25) is 15.0 Å². The molecule has 1 saturated heterocycles. The number of nitrogens with one attached hydrogen (secondary N) is 2. The summed E-state index contributed by atoms with van der Waals surface area (Å²) in [7, 11) is -2.13. The van der Waals surface area contributed by atoms with E-state index >= 15 is 0 Å². The van der Waals surface area contributed by atoms with E-state index in [2.05, 4.69) is 31.4 Å². The monoisotopic (exact) mass is 396 g/mol. The van der Waals surface area contributed by atoms with E-state index in [1.165, 1.54) is 11.4 Å². The van der Waals surface area contributed by atoms with Gasteiger partial charge in [-0.05, 0) is 23.1 Å². The molecule has 2 N–H and O–H groups in total. The molecule has 9 heteroatoms. The predicted molar refractivity (Wildman–Crippen MR) is 103 cm³/mol.